The van der Waals surface area contributed by atoms with Crippen LogP contribution in [0.3, 0.4) is 0 Å². The Labute approximate surface area is 83.3 Å². The van der Waals surface area contributed by atoms with Crippen molar-refractivity contribution < 1.29 is 19.8 Å². The first kappa shape index (κ1) is 13.1. The summed E-state index contributed by atoms with van der Waals surface area (Å²) < 4.78 is 0. The van der Waals surface area contributed by atoms with Crippen LogP contribution in [0.15, 0.2) is 0 Å². The van der Waals surface area contributed by atoms with E-state index in [-0.39, 0.29) is 50.8 Å². The first-order chi connectivity index (χ1) is 6.61. The monoisotopic (exact) mass is 203 g/mol. The van der Waals surface area contributed by atoms with Gasteiger partial charge in [0, 0.05) is 25.9 Å². The van der Waals surface area contributed by atoms with Crippen LogP contribution in [-0.4, -0.2) is 53.1 Å². The lowest BCUT2D eigenvalue weighted by atomic mass is 10.2. The standard InChI is InChI=1S/C9H17NO4/c1-8(13)2-3-9(14)10(4-6-11)5-7-12/h11-12H,2-7H2,1H3. The highest BCUT2D eigenvalue weighted by Gasteiger charge is 2.12. The molecule has 5 nitrogen and oxygen atoms in total. The molecule has 0 spiro atoms. The maximum atomic E-state index is 11.4. The van der Waals surface area contributed by atoms with Gasteiger partial charge in [0.1, 0.15) is 5.78 Å². The smallest absolute Gasteiger partial charge is 0.223 e. The number of Topliss-reactive ketones (excluding diaryl/α,β-unsaturated/α-hetero) is 1. The Kier molecular flexibility index (Phi) is 6.96. The van der Waals surface area contributed by atoms with E-state index in [9.17, 15) is 9.59 Å². The molecule has 0 saturated heterocycles. The molecule has 0 radical (unpaired) electrons. The Balaban J connectivity index is 3.94. The van der Waals surface area contributed by atoms with Gasteiger partial charge in [0.15, 0.2) is 0 Å². The van der Waals surface area contributed by atoms with E-state index in [1.807, 2.05) is 0 Å². The van der Waals surface area contributed by atoms with Crippen LogP contribution in [0.1, 0.15) is 19.8 Å². The normalized spacial score (nSPS) is 9.93. The Hall–Kier alpha value is -0.940. The minimum absolute atomic E-state index is 0.0358. The second-order valence-corrected chi connectivity index (χ2v) is 3.03. The number of carbonyl (C=O) groups excluding carboxylic acids is 2. The van der Waals surface area contributed by atoms with Crippen molar-refractivity contribution in [3.63, 3.8) is 0 Å². The Morgan fingerprint density at radius 3 is 1.93 bits per heavy atom. The van der Waals surface area contributed by atoms with Crippen molar-refractivity contribution >= 4 is 11.7 Å². The molecule has 0 aliphatic rings. The quantitative estimate of drug-likeness (QED) is 0.566. The molecule has 0 aliphatic heterocycles. The lowest BCUT2D eigenvalue weighted by Gasteiger charge is -2.20. The molecule has 2 N–H and O–H groups in total. The lowest BCUT2D eigenvalue weighted by molar-refractivity contribution is -0.133. The van der Waals surface area contributed by atoms with E-state index in [0.717, 1.165) is 0 Å². The maximum Gasteiger partial charge on any atom is 0.223 e. The lowest BCUT2D eigenvalue weighted by Crippen LogP contribution is -2.35. The molecule has 0 saturated carbocycles. The minimum atomic E-state index is -0.205. The van der Waals surface area contributed by atoms with Crippen LogP contribution in [-0.2, 0) is 9.59 Å². The van der Waals surface area contributed by atoms with Gasteiger partial charge in [-0.25, -0.2) is 0 Å². The van der Waals surface area contributed by atoms with Crippen molar-refractivity contribution in [1.82, 2.24) is 4.90 Å². The number of ketones is 1. The largest absolute Gasteiger partial charge is 0.395 e. The van der Waals surface area contributed by atoms with Gasteiger partial charge in [-0.3, -0.25) is 4.79 Å². The van der Waals surface area contributed by atoms with Crippen molar-refractivity contribution in [3.05, 3.63) is 0 Å². The van der Waals surface area contributed by atoms with Crippen LogP contribution in [0.5, 0.6) is 0 Å². The molecule has 0 heterocycles. The average Bonchev–Trinajstić information content (AvgIpc) is 2.14. The molecule has 5 heteroatoms. The van der Waals surface area contributed by atoms with Crippen molar-refractivity contribution in [2.24, 2.45) is 0 Å². The number of aliphatic hydroxyl groups is 2. The second kappa shape index (κ2) is 7.46. The minimum Gasteiger partial charge on any atom is -0.395 e. The van der Waals surface area contributed by atoms with Crippen LogP contribution < -0.4 is 0 Å². The van der Waals surface area contributed by atoms with E-state index >= 15 is 0 Å². The zero-order valence-corrected chi connectivity index (χ0v) is 8.40. The van der Waals surface area contributed by atoms with E-state index in [4.69, 9.17) is 10.2 Å². The molecule has 0 fully saturated rings. The molecule has 0 rings (SSSR count). The molecule has 1 amide bonds. The SMILES string of the molecule is CC(=O)CCC(=O)N(CCO)CCO. The van der Waals surface area contributed by atoms with Crippen LogP contribution in [0.4, 0.5) is 0 Å². The number of aliphatic hydroxyl groups excluding tert-OH is 2. The van der Waals surface area contributed by atoms with E-state index in [1.165, 1.54) is 11.8 Å². The third-order valence-corrected chi connectivity index (χ3v) is 1.78. The fourth-order valence-corrected chi connectivity index (χ4v) is 1.04. The van der Waals surface area contributed by atoms with E-state index in [2.05, 4.69) is 0 Å². The Morgan fingerprint density at radius 1 is 1.07 bits per heavy atom. The average molecular weight is 203 g/mol. The van der Waals surface area contributed by atoms with Crippen LogP contribution >= 0.6 is 0 Å². The molecule has 0 aromatic carbocycles. The molecule has 0 aromatic rings. The highest BCUT2D eigenvalue weighted by molar-refractivity contribution is 5.83. The zero-order chi connectivity index (χ0) is 11.0. The van der Waals surface area contributed by atoms with Crippen LogP contribution in [0, 0.1) is 0 Å². The van der Waals surface area contributed by atoms with Gasteiger partial charge in [-0.2, -0.15) is 0 Å². The van der Waals surface area contributed by atoms with Crippen molar-refractivity contribution in [2.75, 3.05) is 26.3 Å². The van der Waals surface area contributed by atoms with E-state index in [1.54, 1.807) is 0 Å². The maximum absolute atomic E-state index is 11.4. The highest BCUT2D eigenvalue weighted by Crippen LogP contribution is 1.98. The number of nitrogens with zero attached hydrogens (tertiary/aromatic N) is 1. The predicted molar refractivity (Wildman–Crippen MR) is 50.7 cm³/mol. The highest BCUT2D eigenvalue weighted by atomic mass is 16.3. The molecule has 14 heavy (non-hydrogen) atoms. The summed E-state index contributed by atoms with van der Waals surface area (Å²) in [6.07, 6.45) is 0.363. The fourth-order valence-electron chi connectivity index (χ4n) is 1.04. The first-order valence-electron chi connectivity index (χ1n) is 4.60. The molecular weight excluding hydrogens is 186 g/mol. The summed E-state index contributed by atoms with van der Waals surface area (Å²) in [6, 6.07) is 0. The molecule has 0 bridgehead atoms. The van der Waals surface area contributed by atoms with Gasteiger partial charge in [-0.05, 0) is 6.92 Å². The number of hydrogen-bond donors (Lipinski definition) is 2. The third kappa shape index (κ3) is 5.66. The van der Waals surface area contributed by atoms with Gasteiger partial charge >= 0.3 is 0 Å². The summed E-state index contributed by atoms with van der Waals surface area (Å²) in [6.45, 7) is 1.57. The first-order valence-corrected chi connectivity index (χ1v) is 4.60. The van der Waals surface area contributed by atoms with Crippen LogP contribution in [0.25, 0.3) is 0 Å². The van der Waals surface area contributed by atoms with Gasteiger partial charge in [0.25, 0.3) is 0 Å². The molecule has 0 aliphatic carbocycles. The van der Waals surface area contributed by atoms with Crippen molar-refractivity contribution in [1.29, 1.82) is 0 Å². The predicted octanol–water partition coefficient (Wildman–Crippen LogP) is -0.831. The third-order valence-electron chi connectivity index (χ3n) is 1.78. The number of hydrogen-bond acceptors (Lipinski definition) is 4. The van der Waals surface area contributed by atoms with Gasteiger partial charge in [-0.1, -0.05) is 0 Å². The van der Waals surface area contributed by atoms with Gasteiger partial charge in [0.2, 0.25) is 5.91 Å². The van der Waals surface area contributed by atoms with Crippen molar-refractivity contribution in [2.45, 2.75) is 19.8 Å². The summed E-state index contributed by atoms with van der Waals surface area (Å²) in [4.78, 5) is 23.3. The fraction of sp³-hybridized carbons (Fsp3) is 0.778. The molecule has 0 atom stereocenters. The number of amides is 1. The zero-order valence-electron chi connectivity index (χ0n) is 8.40. The van der Waals surface area contributed by atoms with E-state index < -0.39 is 0 Å². The van der Waals surface area contributed by atoms with Crippen LogP contribution in [0.2, 0.25) is 0 Å². The summed E-state index contributed by atoms with van der Waals surface area (Å²) in [5, 5.41) is 17.3. The Bertz CT molecular complexity index is 187. The van der Waals surface area contributed by atoms with Gasteiger partial charge < -0.3 is 19.9 Å². The summed E-state index contributed by atoms with van der Waals surface area (Å²) >= 11 is 0. The molecule has 0 aromatic heterocycles. The number of rotatable bonds is 7. The topological polar surface area (TPSA) is 77.8 Å². The molecular formula is C9H17NO4. The van der Waals surface area contributed by atoms with E-state index in [0.29, 0.717) is 0 Å². The molecule has 82 valence electrons. The molecule has 0 unspecified atom stereocenters. The Morgan fingerprint density at radius 2 is 1.57 bits per heavy atom. The van der Waals surface area contributed by atoms with Gasteiger partial charge in [0.05, 0.1) is 13.2 Å². The summed E-state index contributed by atoms with van der Waals surface area (Å²) in [7, 11) is 0. The summed E-state index contributed by atoms with van der Waals surface area (Å²) in [5.41, 5.74) is 0. The number of carbonyl (C=O) groups is 2. The second-order valence-electron chi connectivity index (χ2n) is 3.03. The van der Waals surface area contributed by atoms with Gasteiger partial charge in [-0.15, -0.1) is 0 Å². The van der Waals surface area contributed by atoms with Crippen molar-refractivity contribution in [3.8, 4) is 0 Å². The summed E-state index contributed by atoms with van der Waals surface area (Å²) in [5.74, 6) is -0.241.